The van der Waals surface area contributed by atoms with E-state index < -0.39 is 0 Å². The predicted molar refractivity (Wildman–Crippen MR) is 46.7 cm³/mol. The molecule has 0 fully saturated rings. The van der Waals surface area contributed by atoms with Crippen LogP contribution in [0.4, 0.5) is 0 Å². The minimum Gasteiger partial charge on any atom is -0.0845 e. The third-order valence-corrected chi connectivity index (χ3v) is 1.35. The van der Waals surface area contributed by atoms with E-state index >= 15 is 0 Å². The molecule has 0 bridgehead atoms. The molecule has 0 aliphatic heterocycles. The van der Waals surface area contributed by atoms with Crippen LogP contribution in [0.15, 0.2) is 23.2 Å². The van der Waals surface area contributed by atoms with Gasteiger partial charge in [0.15, 0.2) is 0 Å². The van der Waals surface area contributed by atoms with Crippen LogP contribution in [0, 0.1) is 0 Å². The molecule has 0 amide bonds. The topological polar surface area (TPSA) is 0 Å². The highest BCUT2D eigenvalue weighted by molar-refractivity contribution is 9.11. The zero-order chi connectivity index (χ0) is 6.95. The van der Waals surface area contributed by atoms with Gasteiger partial charge in [-0.05, 0) is 11.4 Å². The van der Waals surface area contributed by atoms with Crippen molar-refractivity contribution in [3.8, 4) is 0 Å². The number of hydrogen-bond donors (Lipinski definition) is 0. The summed E-state index contributed by atoms with van der Waals surface area (Å²) in [5.74, 6) is 0. The maximum Gasteiger partial charge on any atom is -0.0189 e. The van der Waals surface area contributed by atoms with Gasteiger partial charge in [0.2, 0.25) is 0 Å². The van der Waals surface area contributed by atoms with Crippen LogP contribution in [-0.2, 0) is 0 Å². The lowest BCUT2D eigenvalue weighted by Crippen LogP contribution is -1.64. The molecular formula is C8H13Br. The predicted octanol–water partition coefficient (Wildman–Crippen LogP) is 3.64. The van der Waals surface area contributed by atoms with E-state index in [9.17, 15) is 0 Å². The minimum atomic E-state index is 1.20. The summed E-state index contributed by atoms with van der Waals surface area (Å²) in [4.78, 5) is 1.86. The van der Waals surface area contributed by atoms with E-state index in [1.165, 1.54) is 19.3 Å². The van der Waals surface area contributed by atoms with Crippen molar-refractivity contribution >= 4 is 15.9 Å². The fourth-order valence-electron chi connectivity index (χ4n) is 0.539. The van der Waals surface area contributed by atoms with Gasteiger partial charge in [-0.3, -0.25) is 0 Å². The Bertz CT molecular complexity index is 92.7. The van der Waals surface area contributed by atoms with Gasteiger partial charge in [-0.1, -0.05) is 53.9 Å². The van der Waals surface area contributed by atoms with Crippen molar-refractivity contribution in [3.05, 3.63) is 23.2 Å². The van der Waals surface area contributed by atoms with Gasteiger partial charge in [0.1, 0.15) is 0 Å². The lowest BCUT2D eigenvalue weighted by atomic mass is 10.2. The number of hydrogen-bond acceptors (Lipinski definition) is 0. The van der Waals surface area contributed by atoms with Gasteiger partial charge in [-0.25, -0.2) is 0 Å². The maximum atomic E-state index is 3.19. The second kappa shape index (κ2) is 7.96. The number of rotatable bonds is 4. The highest BCUT2D eigenvalue weighted by Crippen LogP contribution is 1.95. The average Bonchev–Trinajstić information content (AvgIpc) is 1.89. The Morgan fingerprint density at radius 2 is 2.11 bits per heavy atom. The first-order chi connectivity index (χ1) is 4.41. The summed E-state index contributed by atoms with van der Waals surface area (Å²) in [6.07, 6.45) is 10.0. The van der Waals surface area contributed by atoms with Crippen LogP contribution in [0.1, 0.15) is 26.2 Å². The Morgan fingerprint density at radius 3 is 2.67 bits per heavy atom. The Kier molecular flexibility index (Phi) is 7.92. The molecule has 0 unspecified atom stereocenters. The van der Waals surface area contributed by atoms with Gasteiger partial charge < -0.3 is 0 Å². The first kappa shape index (κ1) is 8.96. The van der Waals surface area contributed by atoms with Crippen molar-refractivity contribution in [2.75, 3.05) is 0 Å². The molecule has 0 aromatic heterocycles. The highest BCUT2D eigenvalue weighted by Gasteiger charge is 1.74. The molecular weight excluding hydrogens is 176 g/mol. The number of unbranched alkanes of at least 4 members (excludes halogenated alkanes) is 2. The number of halogens is 1. The molecule has 0 radical (unpaired) electrons. The largest absolute Gasteiger partial charge is 0.0845 e. The van der Waals surface area contributed by atoms with Crippen LogP contribution in [-0.4, -0.2) is 0 Å². The van der Waals surface area contributed by atoms with Crippen molar-refractivity contribution < 1.29 is 0 Å². The molecule has 9 heavy (non-hydrogen) atoms. The van der Waals surface area contributed by atoms with Crippen molar-refractivity contribution in [2.24, 2.45) is 0 Å². The first-order valence-electron chi connectivity index (χ1n) is 3.33. The van der Waals surface area contributed by atoms with Gasteiger partial charge in [0, 0.05) is 0 Å². The lowest BCUT2D eigenvalue weighted by Gasteiger charge is -1.84. The zero-order valence-electron chi connectivity index (χ0n) is 5.81. The highest BCUT2D eigenvalue weighted by atomic mass is 79.9. The summed E-state index contributed by atoms with van der Waals surface area (Å²) in [7, 11) is 0. The Labute approximate surface area is 65.8 Å². The average molecular weight is 189 g/mol. The normalized spacial score (nSPS) is 11.8. The van der Waals surface area contributed by atoms with E-state index in [1.807, 2.05) is 11.1 Å². The molecule has 0 aromatic rings. The molecule has 0 N–H and O–H groups in total. The Hall–Kier alpha value is -0.0400. The Morgan fingerprint density at radius 1 is 1.33 bits per heavy atom. The fraction of sp³-hybridized carbons (Fsp3) is 0.500. The van der Waals surface area contributed by atoms with E-state index in [1.54, 1.807) is 0 Å². The van der Waals surface area contributed by atoms with Gasteiger partial charge in [0.25, 0.3) is 0 Å². The van der Waals surface area contributed by atoms with Crippen LogP contribution in [0.25, 0.3) is 0 Å². The van der Waals surface area contributed by atoms with Crippen molar-refractivity contribution in [1.29, 1.82) is 0 Å². The van der Waals surface area contributed by atoms with E-state index in [0.717, 1.165) is 0 Å². The first-order valence-corrected chi connectivity index (χ1v) is 4.25. The van der Waals surface area contributed by atoms with Gasteiger partial charge in [0.05, 0.1) is 0 Å². The monoisotopic (exact) mass is 188 g/mol. The number of allylic oxidation sites excluding steroid dienone is 3. The molecule has 0 saturated heterocycles. The molecule has 52 valence electrons. The summed E-state index contributed by atoms with van der Waals surface area (Å²) in [6, 6.07) is 0. The molecule has 0 rings (SSSR count). The summed E-state index contributed by atoms with van der Waals surface area (Å²) >= 11 is 3.19. The van der Waals surface area contributed by atoms with Crippen molar-refractivity contribution in [3.63, 3.8) is 0 Å². The standard InChI is InChI=1S/C8H13Br/c1-2-3-4-5-6-7-8-9/h5-8H,2-4H2,1H3/b6-5+,8-7-. The molecule has 0 aromatic carbocycles. The molecule has 0 aliphatic rings. The summed E-state index contributed by atoms with van der Waals surface area (Å²) in [5, 5.41) is 0. The van der Waals surface area contributed by atoms with Gasteiger partial charge >= 0.3 is 0 Å². The molecule has 0 spiro atoms. The van der Waals surface area contributed by atoms with E-state index in [2.05, 4.69) is 35.0 Å². The van der Waals surface area contributed by atoms with Crippen LogP contribution in [0.2, 0.25) is 0 Å². The Balaban J connectivity index is 3.04. The smallest absolute Gasteiger partial charge is 0.0189 e. The zero-order valence-corrected chi connectivity index (χ0v) is 7.39. The van der Waals surface area contributed by atoms with Crippen LogP contribution >= 0.6 is 15.9 Å². The van der Waals surface area contributed by atoms with Crippen LogP contribution in [0.3, 0.4) is 0 Å². The van der Waals surface area contributed by atoms with E-state index in [4.69, 9.17) is 0 Å². The minimum absolute atomic E-state index is 1.20. The third-order valence-electron chi connectivity index (χ3n) is 1.04. The van der Waals surface area contributed by atoms with E-state index in [0.29, 0.717) is 0 Å². The molecule has 0 saturated carbocycles. The summed E-state index contributed by atoms with van der Waals surface area (Å²) in [5.41, 5.74) is 0. The fourth-order valence-corrected chi connectivity index (χ4v) is 0.715. The molecule has 0 aliphatic carbocycles. The molecule has 0 nitrogen and oxygen atoms in total. The SMILES string of the molecule is CCCC/C=C/C=C\Br. The third kappa shape index (κ3) is 7.96. The van der Waals surface area contributed by atoms with Gasteiger partial charge in [-0.2, -0.15) is 0 Å². The van der Waals surface area contributed by atoms with Gasteiger partial charge in [-0.15, -0.1) is 0 Å². The second-order valence-electron chi connectivity index (χ2n) is 1.89. The van der Waals surface area contributed by atoms with Crippen LogP contribution < -0.4 is 0 Å². The lowest BCUT2D eigenvalue weighted by molar-refractivity contribution is 0.815. The van der Waals surface area contributed by atoms with E-state index in [-0.39, 0.29) is 0 Å². The van der Waals surface area contributed by atoms with Crippen molar-refractivity contribution in [1.82, 2.24) is 0 Å². The summed E-state index contributed by atoms with van der Waals surface area (Å²) < 4.78 is 0. The molecule has 0 heterocycles. The maximum absolute atomic E-state index is 3.19. The molecule has 0 atom stereocenters. The second-order valence-corrected chi connectivity index (χ2v) is 2.42. The quantitative estimate of drug-likeness (QED) is 0.467. The summed E-state index contributed by atoms with van der Waals surface area (Å²) in [6.45, 7) is 2.20. The molecule has 1 heteroatoms. The van der Waals surface area contributed by atoms with Crippen LogP contribution in [0.5, 0.6) is 0 Å². The van der Waals surface area contributed by atoms with Crippen molar-refractivity contribution in [2.45, 2.75) is 26.2 Å².